The van der Waals surface area contributed by atoms with Gasteiger partial charge in [0.25, 0.3) is 0 Å². The van der Waals surface area contributed by atoms with Gasteiger partial charge in [-0.2, -0.15) is 5.10 Å². The van der Waals surface area contributed by atoms with Crippen molar-refractivity contribution < 1.29 is 8.42 Å². The summed E-state index contributed by atoms with van der Waals surface area (Å²) < 4.78 is 27.7. The van der Waals surface area contributed by atoms with Gasteiger partial charge in [-0.05, 0) is 43.5 Å². The third-order valence-electron chi connectivity index (χ3n) is 4.34. The summed E-state index contributed by atoms with van der Waals surface area (Å²) in [5.74, 6) is 1.37. The van der Waals surface area contributed by atoms with Gasteiger partial charge in [0.05, 0.1) is 4.90 Å². The van der Waals surface area contributed by atoms with Crippen LogP contribution >= 0.6 is 0 Å². The molecule has 1 aromatic heterocycles. The summed E-state index contributed by atoms with van der Waals surface area (Å²) in [4.78, 5) is 4.77. The number of rotatable bonds is 7. The van der Waals surface area contributed by atoms with Crippen LogP contribution < -0.4 is 4.72 Å². The highest BCUT2D eigenvalue weighted by Crippen LogP contribution is 2.16. The lowest BCUT2D eigenvalue weighted by atomic mass is 10.1. The van der Waals surface area contributed by atoms with E-state index in [0.29, 0.717) is 23.6 Å². The van der Waals surface area contributed by atoms with E-state index in [2.05, 4.69) is 51.1 Å². The Morgan fingerprint density at radius 2 is 1.70 bits per heavy atom. The van der Waals surface area contributed by atoms with Gasteiger partial charge < -0.3 is 0 Å². The number of benzene rings is 2. The Morgan fingerprint density at radius 3 is 2.44 bits per heavy atom. The fourth-order valence-electron chi connectivity index (χ4n) is 2.80. The molecule has 27 heavy (non-hydrogen) atoms. The van der Waals surface area contributed by atoms with Crippen molar-refractivity contribution in [3.05, 3.63) is 76.4 Å². The number of aromatic nitrogens is 3. The zero-order chi connectivity index (χ0) is 19.4. The Bertz CT molecular complexity index is 1020. The van der Waals surface area contributed by atoms with Crippen molar-refractivity contribution in [2.45, 2.75) is 38.5 Å². The van der Waals surface area contributed by atoms with Crippen molar-refractivity contribution in [1.29, 1.82) is 0 Å². The molecule has 3 rings (SSSR count). The van der Waals surface area contributed by atoms with E-state index < -0.39 is 10.0 Å². The second kappa shape index (κ2) is 8.02. The van der Waals surface area contributed by atoms with E-state index in [9.17, 15) is 8.42 Å². The third-order valence-corrected chi connectivity index (χ3v) is 5.95. The summed E-state index contributed by atoms with van der Waals surface area (Å²) in [6.45, 7) is 5.97. The number of hydrogen-bond acceptors (Lipinski definition) is 4. The zero-order valence-corrected chi connectivity index (χ0v) is 16.6. The number of sulfonamides is 1. The number of H-pyrrole nitrogens is 1. The smallest absolute Gasteiger partial charge is 0.240 e. The molecule has 0 spiro atoms. The average Bonchev–Trinajstić information content (AvgIpc) is 3.06. The summed E-state index contributed by atoms with van der Waals surface area (Å²) in [5.41, 5.74) is 4.01. The molecule has 0 bridgehead atoms. The molecule has 0 atom stereocenters. The van der Waals surface area contributed by atoms with Crippen LogP contribution in [0.4, 0.5) is 0 Å². The first-order valence-electron chi connectivity index (χ1n) is 8.86. The standard InChI is InChI=1S/C20H24N4O2S/c1-14-5-8-17(9-6-14)13-20-22-19(23-24-20)10-11-21-27(25,26)18-12-15(2)4-7-16(18)3/h4-9,12,21H,10-11,13H2,1-3H3,(H,22,23,24). The van der Waals surface area contributed by atoms with Crippen LogP contribution in [0, 0.1) is 20.8 Å². The Balaban J connectivity index is 1.58. The normalized spacial score (nSPS) is 11.7. The molecule has 0 saturated heterocycles. The molecule has 7 heteroatoms. The van der Waals surface area contributed by atoms with E-state index >= 15 is 0 Å². The molecule has 0 amide bonds. The molecule has 0 aliphatic heterocycles. The molecule has 0 radical (unpaired) electrons. The first kappa shape index (κ1) is 19.3. The highest BCUT2D eigenvalue weighted by Gasteiger charge is 2.16. The Morgan fingerprint density at radius 1 is 1.00 bits per heavy atom. The van der Waals surface area contributed by atoms with Crippen molar-refractivity contribution in [3.63, 3.8) is 0 Å². The van der Waals surface area contributed by atoms with Gasteiger partial charge in [-0.15, -0.1) is 0 Å². The highest BCUT2D eigenvalue weighted by molar-refractivity contribution is 7.89. The largest absolute Gasteiger partial charge is 0.263 e. The summed E-state index contributed by atoms with van der Waals surface area (Å²) in [6.07, 6.45) is 1.09. The van der Waals surface area contributed by atoms with E-state index in [4.69, 9.17) is 0 Å². The third kappa shape index (κ3) is 5.02. The maximum atomic E-state index is 12.5. The lowest BCUT2D eigenvalue weighted by Gasteiger charge is -2.09. The van der Waals surface area contributed by atoms with Crippen molar-refractivity contribution in [1.82, 2.24) is 19.9 Å². The molecule has 0 aliphatic rings. The Labute approximate surface area is 160 Å². The van der Waals surface area contributed by atoms with Gasteiger partial charge in [-0.25, -0.2) is 18.1 Å². The van der Waals surface area contributed by atoms with Gasteiger partial charge >= 0.3 is 0 Å². The highest BCUT2D eigenvalue weighted by atomic mass is 32.2. The molecule has 2 aromatic carbocycles. The SMILES string of the molecule is Cc1ccc(Cc2nc(CCNS(=O)(=O)c3cc(C)ccc3C)n[nH]2)cc1. The number of nitrogens with zero attached hydrogens (tertiary/aromatic N) is 2. The molecule has 0 saturated carbocycles. The average molecular weight is 385 g/mol. The van der Waals surface area contributed by atoms with Crippen LogP contribution in [0.15, 0.2) is 47.4 Å². The lowest BCUT2D eigenvalue weighted by Crippen LogP contribution is -2.27. The van der Waals surface area contributed by atoms with E-state index in [0.717, 1.165) is 22.5 Å². The topological polar surface area (TPSA) is 87.7 Å². The number of hydrogen-bond donors (Lipinski definition) is 2. The number of aromatic amines is 1. The monoisotopic (exact) mass is 384 g/mol. The van der Waals surface area contributed by atoms with Crippen molar-refractivity contribution in [3.8, 4) is 0 Å². The minimum Gasteiger partial charge on any atom is -0.263 e. The van der Waals surface area contributed by atoms with Gasteiger partial charge in [-0.1, -0.05) is 42.0 Å². The van der Waals surface area contributed by atoms with Crippen LogP contribution in [0.1, 0.15) is 33.9 Å². The minimum absolute atomic E-state index is 0.248. The summed E-state index contributed by atoms with van der Waals surface area (Å²) >= 11 is 0. The molecule has 142 valence electrons. The van der Waals surface area contributed by atoms with Gasteiger partial charge in [0, 0.05) is 19.4 Å². The summed E-state index contributed by atoms with van der Waals surface area (Å²) in [6, 6.07) is 13.7. The number of nitrogens with one attached hydrogen (secondary N) is 2. The quantitative estimate of drug-likeness (QED) is 0.656. The Kier molecular flexibility index (Phi) is 5.72. The van der Waals surface area contributed by atoms with E-state index in [1.807, 2.05) is 19.1 Å². The molecule has 2 N–H and O–H groups in total. The predicted molar refractivity (Wildman–Crippen MR) is 105 cm³/mol. The maximum Gasteiger partial charge on any atom is 0.240 e. The van der Waals surface area contributed by atoms with E-state index in [1.165, 1.54) is 5.56 Å². The predicted octanol–water partition coefficient (Wildman–Crippen LogP) is 2.84. The molecule has 0 unspecified atom stereocenters. The fourth-order valence-corrected chi connectivity index (χ4v) is 4.16. The van der Waals surface area contributed by atoms with Crippen molar-refractivity contribution in [2.24, 2.45) is 0 Å². The maximum absolute atomic E-state index is 12.5. The molecule has 0 fully saturated rings. The van der Waals surface area contributed by atoms with Gasteiger partial charge in [0.2, 0.25) is 10.0 Å². The second-order valence-electron chi connectivity index (χ2n) is 6.78. The molecule has 1 heterocycles. The molecule has 6 nitrogen and oxygen atoms in total. The van der Waals surface area contributed by atoms with Gasteiger partial charge in [-0.3, -0.25) is 5.10 Å². The first-order chi connectivity index (χ1) is 12.8. The molecule has 3 aromatic rings. The first-order valence-corrected chi connectivity index (χ1v) is 10.3. The van der Waals surface area contributed by atoms with Crippen LogP contribution in [-0.4, -0.2) is 30.1 Å². The summed E-state index contributed by atoms with van der Waals surface area (Å²) in [5, 5.41) is 7.11. The van der Waals surface area contributed by atoms with Crippen LogP contribution in [0.2, 0.25) is 0 Å². The van der Waals surface area contributed by atoms with E-state index in [1.54, 1.807) is 13.0 Å². The Hall–Kier alpha value is -2.51. The molecular formula is C20H24N4O2S. The van der Waals surface area contributed by atoms with Crippen LogP contribution in [0.25, 0.3) is 0 Å². The lowest BCUT2D eigenvalue weighted by molar-refractivity contribution is 0.580. The zero-order valence-electron chi connectivity index (χ0n) is 15.8. The second-order valence-corrected chi connectivity index (χ2v) is 8.51. The summed E-state index contributed by atoms with van der Waals surface area (Å²) in [7, 11) is -3.55. The molecule has 0 aliphatic carbocycles. The number of aryl methyl sites for hydroxylation is 3. The minimum atomic E-state index is -3.55. The fraction of sp³-hybridized carbons (Fsp3) is 0.300. The van der Waals surface area contributed by atoms with Gasteiger partial charge in [0.15, 0.2) is 5.82 Å². The van der Waals surface area contributed by atoms with Crippen molar-refractivity contribution in [2.75, 3.05) is 6.54 Å². The van der Waals surface area contributed by atoms with Gasteiger partial charge in [0.1, 0.15) is 5.82 Å². The molecular weight excluding hydrogens is 360 g/mol. The van der Waals surface area contributed by atoms with Crippen LogP contribution in [0.5, 0.6) is 0 Å². The van der Waals surface area contributed by atoms with Crippen LogP contribution in [0.3, 0.4) is 0 Å². The van der Waals surface area contributed by atoms with Crippen molar-refractivity contribution >= 4 is 10.0 Å². The van der Waals surface area contributed by atoms with Crippen LogP contribution in [-0.2, 0) is 22.9 Å². The van der Waals surface area contributed by atoms with E-state index in [-0.39, 0.29) is 6.54 Å².